The summed E-state index contributed by atoms with van der Waals surface area (Å²) in [5.41, 5.74) is 2.21. The molecule has 5 heteroatoms. The number of hydrogen-bond acceptors (Lipinski definition) is 4. The average molecular weight is 285 g/mol. The molecule has 0 fully saturated rings. The highest BCUT2D eigenvalue weighted by Gasteiger charge is 2.18. The second-order valence-electron chi connectivity index (χ2n) is 5.82. The highest BCUT2D eigenvalue weighted by atomic mass is 16.6. The van der Waals surface area contributed by atoms with E-state index < -0.39 is 6.09 Å². The maximum Gasteiger partial charge on any atom is 0.413 e. The van der Waals surface area contributed by atoms with Gasteiger partial charge in [-0.25, -0.2) is 14.8 Å². The molecule has 1 N–H and O–H groups in total. The predicted molar refractivity (Wildman–Crippen MR) is 81.1 cm³/mol. The molecule has 0 aliphatic rings. The lowest BCUT2D eigenvalue weighted by molar-refractivity contribution is 0.190. The first-order chi connectivity index (χ1) is 9.87. The summed E-state index contributed by atoms with van der Waals surface area (Å²) in [5.74, 6) is 0.341. The van der Waals surface area contributed by atoms with Crippen LogP contribution in [0.15, 0.2) is 36.8 Å². The van der Waals surface area contributed by atoms with Crippen LogP contribution in [0, 0.1) is 6.92 Å². The number of nitrogens with zero attached hydrogens (tertiary/aromatic N) is 2. The predicted octanol–water partition coefficient (Wildman–Crippen LogP) is 3.34. The van der Waals surface area contributed by atoms with E-state index in [1.54, 1.807) is 0 Å². The molecule has 0 saturated carbocycles. The molecule has 0 bridgehead atoms. The summed E-state index contributed by atoms with van der Waals surface area (Å²) in [6.45, 7) is 7.64. The lowest BCUT2D eigenvalue weighted by atomic mass is 10.1. The van der Waals surface area contributed by atoms with Crippen LogP contribution in [-0.2, 0) is 0 Å². The summed E-state index contributed by atoms with van der Waals surface area (Å²) < 4.78 is 5.36. The zero-order valence-electron chi connectivity index (χ0n) is 12.7. The van der Waals surface area contributed by atoms with Crippen molar-refractivity contribution in [3.63, 3.8) is 0 Å². The summed E-state index contributed by atoms with van der Waals surface area (Å²) in [6.07, 6.45) is 2.42. The fourth-order valence-corrected chi connectivity index (χ4v) is 1.86. The molecule has 0 aliphatic carbocycles. The third kappa shape index (κ3) is 4.02. The molecule has 5 nitrogen and oxygen atoms in total. The van der Waals surface area contributed by atoms with E-state index in [1.165, 1.54) is 12.5 Å². The lowest BCUT2D eigenvalue weighted by Gasteiger charge is -2.20. The molecule has 1 heterocycles. The largest absolute Gasteiger partial charge is 0.413 e. The van der Waals surface area contributed by atoms with Crippen molar-refractivity contribution in [2.45, 2.75) is 33.2 Å². The number of aromatic nitrogens is 2. The molecule has 1 amide bonds. The lowest BCUT2D eigenvalue weighted by Crippen LogP contribution is -2.42. The van der Waals surface area contributed by atoms with Crippen molar-refractivity contribution in [2.75, 3.05) is 0 Å². The average Bonchev–Trinajstić information content (AvgIpc) is 2.38. The van der Waals surface area contributed by atoms with Gasteiger partial charge in [0.2, 0.25) is 0 Å². The SMILES string of the molecule is Cc1ccccc1-c1ncncc1OC(=O)NC(C)(C)C. The minimum atomic E-state index is -0.521. The van der Waals surface area contributed by atoms with Gasteiger partial charge >= 0.3 is 6.09 Å². The number of aryl methyl sites for hydroxylation is 1. The normalized spacial score (nSPS) is 11.0. The Morgan fingerprint density at radius 1 is 1.24 bits per heavy atom. The topological polar surface area (TPSA) is 64.1 Å². The van der Waals surface area contributed by atoms with E-state index in [9.17, 15) is 4.79 Å². The molecule has 110 valence electrons. The van der Waals surface area contributed by atoms with Crippen LogP contribution in [0.1, 0.15) is 26.3 Å². The monoisotopic (exact) mass is 285 g/mol. The quantitative estimate of drug-likeness (QED) is 0.919. The molecule has 0 unspecified atom stereocenters. The third-order valence-corrected chi connectivity index (χ3v) is 2.76. The van der Waals surface area contributed by atoms with Gasteiger partial charge in [0, 0.05) is 11.1 Å². The van der Waals surface area contributed by atoms with Crippen molar-refractivity contribution >= 4 is 6.09 Å². The summed E-state index contributed by atoms with van der Waals surface area (Å²) in [4.78, 5) is 20.1. The molecule has 21 heavy (non-hydrogen) atoms. The van der Waals surface area contributed by atoms with Gasteiger partial charge in [-0.05, 0) is 33.3 Å². The van der Waals surface area contributed by atoms with Crippen molar-refractivity contribution in [1.82, 2.24) is 15.3 Å². The van der Waals surface area contributed by atoms with Gasteiger partial charge < -0.3 is 10.1 Å². The van der Waals surface area contributed by atoms with Crippen LogP contribution in [0.3, 0.4) is 0 Å². The molecule has 0 atom stereocenters. The van der Waals surface area contributed by atoms with Gasteiger partial charge in [-0.15, -0.1) is 0 Å². The molecule has 0 spiro atoms. The Balaban J connectivity index is 2.30. The molecular formula is C16H19N3O2. The maximum absolute atomic E-state index is 11.9. The highest BCUT2D eigenvalue weighted by molar-refractivity contribution is 5.76. The molecule has 2 rings (SSSR count). The minimum absolute atomic E-state index is 0.341. The number of carbonyl (C=O) groups is 1. The van der Waals surface area contributed by atoms with Crippen LogP contribution in [-0.4, -0.2) is 21.6 Å². The summed E-state index contributed by atoms with van der Waals surface area (Å²) in [6, 6.07) is 7.79. The molecule has 1 aromatic carbocycles. The van der Waals surface area contributed by atoms with Crippen molar-refractivity contribution < 1.29 is 9.53 Å². The van der Waals surface area contributed by atoms with Crippen LogP contribution < -0.4 is 10.1 Å². The number of carbonyl (C=O) groups excluding carboxylic acids is 1. The second-order valence-corrected chi connectivity index (χ2v) is 5.82. The van der Waals surface area contributed by atoms with Gasteiger partial charge in [-0.1, -0.05) is 24.3 Å². The molecule has 2 aromatic rings. The molecular weight excluding hydrogens is 266 g/mol. The molecule has 0 saturated heterocycles. The summed E-state index contributed by atoms with van der Waals surface area (Å²) >= 11 is 0. The molecule has 0 aliphatic heterocycles. The summed E-state index contributed by atoms with van der Waals surface area (Å²) in [5, 5.41) is 2.74. The first-order valence-corrected chi connectivity index (χ1v) is 6.73. The van der Waals surface area contributed by atoms with Crippen LogP contribution in [0.25, 0.3) is 11.3 Å². The van der Waals surface area contributed by atoms with Gasteiger partial charge in [0.15, 0.2) is 5.75 Å². The van der Waals surface area contributed by atoms with Gasteiger partial charge in [0.1, 0.15) is 12.0 Å². The van der Waals surface area contributed by atoms with E-state index in [4.69, 9.17) is 4.74 Å². The number of nitrogens with one attached hydrogen (secondary N) is 1. The van der Waals surface area contributed by atoms with Gasteiger partial charge in [-0.2, -0.15) is 0 Å². The van der Waals surface area contributed by atoms with Crippen molar-refractivity contribution in [3.8, 4) is 17.0 Å². The Hall–Kier alpha value is -2.43. The van der Waals surface area contributed by atoms with E-state index in [-0.39, 0.29) is 5.54 Å². The number of benzene rings is 1. The van der Waals surface area contributed by atoms with E-state index in [0.29, 0.717) is 11.4 Å². The Bertz CT molecular complexity index is 648. The van der Waals surface area contributed by atoms with E-state index in [0.717, 1.165) is 11.1 Å². The Morgan fingerprint density at radius 2 is 1.95 bits per heavy atom. The Kier molecular flexibility index (Phi) is 4.21. The summed E-state index contributed by atoms with van der Waals surface area (Å²) in [7, 11) is 0. The van der Waals surface area contributed by atoms with Crippen molar-refractivity contribution in [3.05, 3.63) is 42.4 Å². The maximum atomic E-state index is 11.9. The Labute approximate surface area is 124 Å². The molecule has 1 aromatic heterocycles. The first-order valence-electron chi connectivity index (χ1n) is 6.73. The second kappa shape index (κ2) is 5.91. The van der Waals surface area contributed by atoms with Crippen molar-refractivity contribution in [2.24, 2.45) is 0 Å². The third-order valence-electron chi connectivity index (χ3n) is 2.76. The standard InChI is InChI=1S/C16H19N3O2/c1-11-7-5-6-8-12(11)14-13(9-17-10-18-14)21-15(20)19-16(2,3)4/h5-10H,1-4H3,(H,19,20). The zero-order chi connectivity index (χ0) is 15.5. The molecule has 0 radical (unpaired) electrons. The number of hydrogen-bond donors (Lipinski definition) is 1. The fraction of sp³-hybridized carbons (Fsp3) is 0.312. The van der Waals surface area contributed by atoms with Crippen LogP contribution in [0.2, 0.25) is 0 Å². The first kappa shape index (κ1) is 15.0. The fourth-order valence-electron chi connectivity index (χ4n) is 1.86. The minimum Gasteiger partial charge on any atom is -0.406 e. The Morgan fingerprint density at radius 3 is 2.62 bits per heavy atom. The van der Waals surface area contributed by atoms with Crippen LogP contribution in [0.5, 0.6) is 5.75 Å². The zero-order valence-corrected chi connectivity index (χ0v) is 12.7. The van der Waals surface area contributed by atoms with Crippen molar-refractivity contribution in [1.29, 1.82) is 0 Å². The van der Waals surface area contributed by atoms with E-state index in [1.807, 2.05) is 52.0 Å². The van der Waals surface area contributed by atoms with Crippen LogP contribution in [0.4, 0.5) is 4.79 Å². The van der Waals surface area contributed by atoms with E-state index in [2.05, 4.69) is 15.3 Å². The number of rotatable bonds is 2. The number of ether oxygens (including phenoxy) is 1. The van der Waals surface area contributed by atoms with Gasteiger partial charge in [0.25, 0.3) is 0 Å². The van der Waals surface area contributed by atoms with Crippen LogP contribution >= 0.6 is 0 Å². The smallest absolute Gasteiger partial charge is 0.406 e. The van der Waals surface area contributed by atoms with Gasteiger partial charge in [-0.3, -0.25) is 0 Å². The van der Waals surface area contributed by atoms with E-state index >= 15 is 0 Å². The highest BCUT2D eigenvalue weighted by Crippen LogP contribution is 2.29. The number of amides is 1. The van der Waals surface area contributed by atoms with Gasteiger partial charge in [0.05, 0.1) is 6.20 Å².